The lowest BCUT2D eigenvalue weighted by molar-refractivity contribution is 0.355. The number of anilines is 1. The van der Waals surface area contributed by atoms with Crippen molar-refractivity contribution < 1.29 is 9.26 Å². The molecule has 1 saturated heterocycles. The monoisotopic (exact) mass is 499 g/mol. The van der Waals surface area contributed by atoms with Crippen molar-refractivity contribution in [3.05, 3.63) is 41.8 Å². The Morgan fingerprint density at radius 2 is 1.89 bits per heavy atom. The van der Waals surface area contributed by atoms with Gasteiger partial charge in [-0.25, -0.2) is 0 Å². The summed E-state index contributed by atoms with van der Waals surface area (Å²) in [5, 5.41) is 7.49. The molecule has 0 saturated carbocycles. The fourth-order valence-corrected chi connectivity index (χ4v) is 3.15. The molecule has 28 heavy (non-hydrogen) atoms. The number of nitrogens with one attached hydrogen (secondary N) is 1. The zero-order valence-corrected chi connectivity index (χ0v) is 19.3. The Morgan fingerprint density at radius 1 is 1.21 bits per heavy atom. The average molecular weight is 499 g/mol. The summed E-state index contributed by atoms with van der Waals surface area (Å²) >= 11 is 0. The summed E-state index contributed by atoms with van der Waals surface area (Å²) < 4.78 is 10.6. The third-order valence-electron chi connectivity index (χ3n) is 4.82. The van der Waals surface area contributed by atoms with E-state index in [2.05, 4.69) is 51.2 Å². The van der Waals surface area contributed by atoms with Crippen LogP contribution in [-0.4, -0.2) is 56.4 Å². The molecule has 2 aromatic rings. The molecule has 0 unspecified atom stereocenters. The molecule has 1 aromatic heterocycles. The summed E-state index contributed by atoms with van der Waals surface area (Å²) in [6.45, 7) is 8.54. The van der Waals surface area contributed by atoms with Crippen molar-refractivity contribution in [3.63, 3.8) is 0 Å². The highest BCUT2D eigenvalue weighted by Crippen LogP contribution is 2.20. The smallest absolute Gasteiger partial charge is 0.194 e. The van der Waals surface area contributed by atoms with Crippen LogP contribution >= 0.6 is 24.0 Å². The molecule has 8 heteroatoms. The number of guanidine groups is 1. The maximum Gasteiger partial charge on any atom is 0.194 e. The molecule has 0 amide bonds. The van der Waals surface area contributed by atoms with Gasteiger partial charge < -0.3 is 24.4 Å². The molecule has 1 aliphatic rings. The molecule has 0 bridgehead atoms. The van der Waals surface area contributed by atoms with E-state index in [9.17, 15) is 0 Å². The number of hydrogen-bond donors (Lipinski definition) is 1. The molecule has 7 nitrogen and oxygen atoms in total. The third-order valence-corrected chi connectivity index (χ3v) is 4.82. The fourth-order valence-electron chi connectivity index (χ4n) is 3.15. The van der Waals surface area contributed by atoms with E-state index in [1.807, 2.05) is 25.2 Å². The average Bonchev–Trinajstić information content (AvgIpc) is 3.18. The van der Waals surface area contributed by atoms with Gasteiger partial charge in [0.05, 0.1) is 19.3 Å². The van der Waals surface area contributed by atoms with Gasteiger partial charge in [-0.3, -0.25) is 4.99 Å². The second kappa shape index (κ2) is 10.5. The zero-order valence-electron chi connectivity index (χ0n) is 17.0. The van der Waals surface area contributed by atoms with Crippen LogP contribution in [0.1, 0.15) is 31.2 Å². The third kappa shape index (κ3) is 5.52. The van der Waals surface area contributed by atoms with Gasteiger partial charge in [0, 0.05) is 45.0 Å². The Kier molecular flexibility index (Phi) is 8.40. The highest BCUT2D eigenvalue weighted by atomic mass is 127. The molecule has 1 fully saturated rings. The van der Waals surface area contributed by atoms with Crippen LogP contribution in [0, 0.1) is 0 Å². The Balaban J connectivity index is 0.00000280. The number of ether oxygens (including phenoxy) is 1. The summed E-state index contributed by atoms with van der Waals surface area (Å²) in [4.78, 5) is 9.08. The summed E-state index contributed by atoms with van der Waals surface area (Å²) in [6, 6.07) is 10.2. The minimum Gasteiger partial charge on any atom is -0.497 e. The number of aliphatic imine (C=N–C) groups is 1. The van der Waals surface area contributed by atoms with Gasteiger partial charge in [-0.2, -0.15) is 0 Å². The number of hydrogen-bond acceptors (Lipinski definition) is 5. The van der Waals surface area contributed by atoms with E-state index in [-0.39, 0.29) is 24.0 Å². The molecule has 0 radical (unpaired) electrons. The van der Waals surface area contributed by atoms with E-state index >= 15 is 0 Å². The van der Waals surface area contributed by atoms with Crippen LogP contribution in [0.5, 0.6) is 5.75 Å². The van der Waals surface area contributed by atoms with Crippen molar-refractivity contribution in [2.45, 2.75) is 26.3 Å². The van der Waals surface area contributed by atoms with Crippen molar-refractivity contribution in [2.75, 3.05) is 45.2 Å². The van der Waals surface area contributed by atoms with Gasteiger partial charge in [-0.15, -0.1) is 24.0 Å². The van der Waals surface area contributed by atoms with Crippen LogP contribution in [0.25, 0.3) is 0 Å². The second-order valence-corrected chi connectivity index (χ2v) is 6.95. The molecule has 1 aliphatic heterocycles. The number of piperazine rings is 1. The van der Waals surface area contributed by atoms with Crippen molar-refractivity contribution >= 4 is 35.6 Å². The SMILES string of the molecule is CN=C(NCc1cc(C(C)C)no1)N1CCN(c2ccc(OC)cc2)CC1.I. The lowest BCUT2D eigenvalue weighted by atomic mass is 10.1. The van der Waals surface area contributed by atoms with Crippen LogP contribution in [0.4, 0.5) is 5.69 Å². The maximum atomic E-state index is 5.40. The van der Waals surface area contributed by atoms with E-state index in [0.717, 1.165) is 49.3 Å². The predicted octanol–water partition coefficient (Wildman–Crippen LogP) is 3.32. The van der Waals surface area contributed by atoms with Gasteiger partial charge in [-0.1, -0.05) is 19.0 Å². The van der Waals surface area contributed by atoms with Crippen LogP contribution in [0.3, 0.4) is 0 Å². The molecular formula is C20H30IN5O2. The molecule has 0 atom stereocenters. The number of nitrogens with zero attached hydrogens (tertiary/aromatic N) is 4. The molecule has 0 spiro atoms. The number of halogens is 1. The van der Waals surface area contributed by atoms with Crippen molar-refractivity contribution in [3.8, 4) is 5.75 Å². The van der Waals surface area contributed by atoms with Crippen molar-refractivity contribution in [1.82, 2.24) is 15.4 Å². The summed E-state index contributed by atoms with van der Waals surface area (Å²) in [7, 11) is 3.51. The van der Waals surface area contributed by atoms with Gasteiger partial charge in [0.25, 0.3) is 0 Å². The summed E-state index contributed by atoms with van der Waals surface area (Å²) in [6.07, 6.45) is 0. The highest BCUT2D eigenvalue weighted by molar-refractivity contribution is 14.0. The van der Waals surface area contributed by atoms with Crippen molar-refractivity contribution in [1.29, 1.82) is 0 Å². The second-order valence-electron chi connectivity index (χ2n) is 6.95. The van der Waals surface area contributed by atoms with E-state index in [0.29, 0.717) is 12.5 Å². The first-order valence-corrected chi connectivity index (χ1v) is 9.40. The number of methoxy groups -OCH3 is 1. The van der Waals surface area contributed by atoms with Crippen LogP contribution in [0.15, 0.2) is 39.8 Å². The quantitative estimate of drug-likeness (QED) is 0.387. The number of rotatable bonds is 5. The first-order valence-electron chi connectivity index (χ1n) is 9.40. The molecule has 154 valence electrons. The standard InChI is InChI=1S/C20H29N5O2.HI/c1-15(2)19-13-18(27-23-19)14-22-20(21-3)25-11-9-24(10-12-25)16-5-7-17(26-4)8-6-16;/h5-8,13,15H,9-12,14H2,1-4H3,(H,21,22);1H. The van der Waals surface area contributed by atoms with Crippen LogP contribution in [-0.2, 0) is 6.54 Å². The number of aromatic nitrogens is 1. The number of benzene rings is 1. The van der Waals surface area contributed by atoms with E-state index in [4.69, 9.17) is 9.26 Å². The molecule has 3 rings (SSSR count). The molecule has 1 N–H and O–H groups in total. The minimum absolute atomic E-state index is 0. The Morgan fingerprint density at radius 3 is 2.43 bits per heavy atom. The van der Waals surface area contributed by atoms with E-state index in [1.54, 1.807) is 7.11 Å². The van der Waals surface area contributed by atoms with Crippen LogP contribution in [0.2, 0.25) is 0 Å². The Bertz CT molecular complexity index is 752. The maximum absolute atomic E-state index is 5.40. The van der Waals surface area contributed by atoms with Gasteiger partial charge >= 0.3 is 0 Å². The fraction of sp³-hybridized carbons (Fsp3) is 0.500. The Hall–Kier alpha value is -1.97. The molecule has 0 aliphatic carbocycles. The van der Waals surface area contributed by atoms with Crippen LogP contribution < -0.4 is 15.0 Å². The summed E-state index contributed by atoms with van der Waals surface area (Å²) in [5.41, 5.74) is 2.20. The first-order chi connectivity index (χ1) is 13.1. The van der Waals surface area contributed by atoms with E-state index < -0.39 is 0 Å². The molecule has 2 heterocycles. The molecule has 1 aromatic carbocycles. The summed E-state index contributed by atoms with van der Waals surface area (Å²) in [5.74, 6) is 2.98. The topological polar surface area (TPSA) is 66.1 Å². The Labute approximate surface area is 184 Å². The van der Waals surface area contributed by atoms with E-state index in [1.165, 1.54) is 5.69 Å². The lowest BCUT2D eigenvalue weighted by Crippen LogP contribution is -2.52. The van der Waals surface area contributed by atoms with Gasteiger partial charge in [0.15, 0.2) is 11.7 Å². The van der Waals surface area contributed by atoms with Gasteiger partial charge in [-0.05, 0) is 30.2 Å². The lowest BCUT2D eigenvalue weighted by Gasteiger charge is -2.37. The minimum atomic E-state index is 0. The van der Waals surface area contributed by atoms with Crippen molar-refractivity contribution in [2.24, 2.45) is 4.99 Å². The molecular weight excluding hydrogens is 469 g/mol. The highest BCUT2D eigenvalue weighted by Gasteiger charge is 2.20. The largest absolute Gasteiger partial charge is 0.497 e. The van der Waals surface area contributed by atoms with Gasteiger partial charge in [0.2, 0.25) is 0 Å². The zero-order chi connectivity index (χ0) is 19.2. The normalized spacial score (nSPS) is 14.8. The predicted molar refractivity (Wildman–Crippen MR) is 123 cm³/mol. The first kappa shape index (κ1) is 22.3. The van der Waals surface area contributed by atoms with Gasteiger partial charge in [0.1, 0.15) is 5.75 Å².